The Bertz CT molecular complexity index is 710. The Morgan fingerprint density at radius 2 is 1.70 bits per heavy atom. The molecule has 0 aromatic heterocycles. The van der Waals surface area contributed by atoms with Crippen molar-refractivity contribution in [2.45, 2.75) is 26.2 Å². The van der Waals surface area contributed by atoms with Crippen molar-refractivity contribution < 1.29 is 10.2 Å². The molecular formula is C18H23N3O2. The number of hydrazine groups is 2. The van der Waals surface area contributed by atoms with Crippen molar-refractivity contribution in [3.05, 3.63) is 48.0 Å². The van der Waals surface area contributed by atoms with Crippen LogP contribution in [0.1, 0.15) is 26.3 Å². The van der Waals surface area contributed by atoms with Crippen molar-refractivity contribution >= 4 is 17.1 Å². The highest BCUT2D eigenvalue weighted by atomic mass is 16.3. The number of phenols is 1. The van der Waals surface area contributed by atoms with Crippen molar-refractivity contribution in [1.82, 2.24) is 0 Å². The molecule has 3 rings (SSSR count). The van der Waals surface area contributed by atoms with Gasteiger partial charge in [-0.3, -0.25) is 10.4 Å². The highest BCUT2D eigenvalue weighted by Crippen LogP contribution is 2.42. The summed E-state index contributed by atoms with van der Waals surface area (Å²) in [5.41, 5.74) is 6.61. The first-order valence-corrected chi connectivity index (χ1v) is 7.80. The fourth-order valence-corrected chi connectivity index (χ4v) is 2.89. The van der Waals surface area contributed by atoms with E-state index in [2.05, 4.69) is 26.2 Å². The zero-order valence-corrected chi connectivity index (χ0v) is 13.7. The summed E-state index contributed by atoms with van der Waals surface area (Å²) in [5.74, 6) is 0.253. The van der Waals surface area contributed by atoms with Crippen LogP contribution >= 0.6 is 0 Å². The monoisotopic (exact) mass is 313 g/mol. The second kappa shape index (κ2) is 5.66. The smallest absolute Gasteiger partial charge is 0.146 e. The number of anilines is 3. The van der Waals surface area contributed by atoms with Gasteiger partial charge in [0.15, 0.2) is 0 Å². The Labute approximate surface area is 136 Å². The van der Waals surface area contributed by atoms with Gasteiger partial charge in [0, 0.05) is 5.56 Å². The van der Waals surface area contributed by atoms with Gasteiger partial charge in [-0.05, 0) is 23.6 Å². The molecule has 1 heterocycles. The van der Waals surface area contributed by atoms with E-state index in [0.29, 0.717) is 12.2 Å². The van der Waals surface area contributed by atoms with Gasteiger partial charge in [0.25, 0.3) is 0 Å². The van der Waals surface area contributed by atoms with Gasteiger partial charge in [-0.15, -0.1) is 0 Å². The van der Waals surface area contributed by atoms with Crippen LogP contribution in [0.25, 0.3) is 0 Å². The first-order valence-electron chi connectivity index (χ1n) is 7.80. The lowest BCUT2D eigenvalue weighted by atomic mass is 9.86. The number of hydrogen-bond donors (Lipinski definition) is 3. The van der Waals surface area contributed by atoms with E-state index >= 15 is 0 Å². The van der Waals surface area contributed by atoms with E-state index in [9.17, 15) is 10.2 Å². The SMILES string of the molecule is CC(C)(C)c1cccc(N2Nc3ccccc3N2CCO)c1O. The molecule has 2 aromatic rings. The van der Waals surface area contributed by atoms with Crippen LogP contribution in [0.3, 0.4) is 0 Å². The number of β-amino-alcohol motifs (C(OH)–C–C–N with tert-alkyl or cyclic N) is 1. The molecule has 0 atom stereocenters. The average Bonchev–Trinajstić information content (AvgIpc) is 2.85. The maximum Gasteiger partial charge on any atom is 0.146 e. The Morgan fingerprint density at radius 1 is 1.00 bits per heavy atom. The van der Waals surface area contributed by atoms with Crippen LogP contribution in [-0.2, 0) is 5.41 Å². The predicted octanol–water partition coefficient (Wildman–Crippen LogP) is 3.25. The van der Waals surface area contributed by atoms with E-state index in [4.69, 9.17) is 0 Å². The number of nitrogens with one attached hydrogen (secondary N) is 1. The van der Waals surface area contributed by atoms with Crippen LogP contribution in [0.15, 0.2) is 42.5 Å². The Kier molecular flexibility index (Phi) is 3.82. The second-order valence-corrected chi connectivity index (χ2v) is 6.71. The third-order valence-corrected chi connectivity index (χ3v) is 4.01. The zero-order valence-electron chi connectivity index (χ0n) is 13.7. The molecule has 0 fully saturated rings. The maximum atomic E-state index is 10.8. The maximum absolute atomic E-state index is 10.8. The molecule has 0 bridgehead atoms. The van der Waals surface area contributed by atoms with Gasteiger partial charge in [0.05, 0.1) is 24.5 Å². The van der Waals surface area contributed by atoms with E-state index in [-0.39, 0.29) is 17.8 Å². The molecule has 0 spiro atoms. The van der Waals surface area contributed by atoms with Crippen LogP contribution in [-0.4, -0.2) is 23.4 Å². The third-order valence-electron chi connectivity index (χ3n) is 4.01. The summed E-state index contributed by atoms with van der Waals surface area (Å²) < 4.78 is 0. The summed E-state index contributed by atoms with van der Waals surface area (Å²) in [6.07, 6.45) is 0. The van der Waals surface area contributed by atoms with E-state index in [1.54, 1.807) is 5.12 Å². The van der Waals surface area contributed by atoms with Gasteiger partial charge >= 0.3 is 0 Å². The average molecular weight is 313 g/mol. The topological polar surface area (TPSA) is 59.0 Å². The minimum atomic E-state index is -0.158. The molecule has 5 nitrogen and oxygen atoms in total. The molecule has 0 radical (unpaired) electrons. The second-order valence-electron chi connectivity index (χ2n) is 6.71. The number of rotatable bonds is 3. The van der Waals surface area contributed by atoms with Crippen molar-refractivity contribution in [3.8, 4) is 5.75 Å². The molecule has 5 heteroatoms. The van der Waals surface area contributed by atoms with E-state index in [1.165, 1.54) is 0 Å². The lowest BCUT2D eigenvalue weighted by Gasteiger charge is -2.32. The number of nitrogens with zero attached hydrogens (tertiary/aromatic N) is 2. The molecule has 2 aromatic carbocycles. The van der Waals surface area contributed by atoms with Crippen molar-refractivity contribution in [1.29, 1.82) is 0 Å². The minimum absolute atomic E-state index is 0.0201. The summed E-state index contributed by atoms with van der Waals surface area (Å²) in [7, 11) is 0. The van der Waals surface area contributed by atoms with E-state index < -0.39 is 0 Å². The number of benzene rings is 2. The van der Waals surface area contributed by atoms with Crippen LogP contribution in [0.2, 0.25) is 0 Å². The van der Waals surface area contributed by atoms with Gasteiger partial charge in [0.1, 0.15) is 11.4 Å². The number of aromatic hydroxyl groups is 1. The first-order chi connectivity index (χ1) is 10.9. The summed E-state index contributed by atoms with van der Waals surface area (Å²) in [6, 6.07) is 13.6. The van der Waals surface area contributed by atoms with Gasteiger partial charge in [-0.1, -0.05) is 45.0 Å². The number of fused-ring (bicyclic) bond motifs is 1. The molecule has 122 valence electrons. The molecule has 0 saturated heterocycles. The standard InChI is InChI=1S/C18H23N3O2/c1-18(2,3)13-7-6-10-16(17(13)23)21-19-14-8-4-5-9-15(14)20(21)11-12-22/h4-10,19,22-23H,11-12H2,1-3H3. The lowest BCUT2D eigenvalue weighted by Crippen LogP contribution is -2.43. The number of hydrogen-bond acceptors (Lipinski definition) is 5. The van der Waals surface area contributed by atoms with Crippen LogP contribution < -0.4 is 15.6 Å². The lowest BCUT2D eigenvalue weighted by molar-refractivity contribution is 0.302. The minimum Gasteiger partial charge on any atom is -0.505 e. The fourth-order valence-electron chi connectivity index (χ4n) is 2.89. The van der Waals surface area contributed by atoms with Crippen LogP contribution in [0.4, 0.5) is 17.1 Å². The molecule has 0 saturated carbocycles. The number of phenolic OH excluding ortho intramolecular Hbond substituents is 1. The number of para-hydroxylation sites is 3. The number of aliphatic hydroxyl groups excluding tert-OH is 1. The molecule has 0 aliphatic carbocycles. The van der Waals surface area contributed by atoms with Crippen molar-refractivity contribution in [3.63, 3.8) is 0 Å². The largest absolute Gasteiger partial charge is 0.505 e. The van der Waals surface area contributed by atoms with Crippen LogP contribution in [0.5, 0.6) is 5.75 Å². The molecule has 23 heavy (non-hydrogen) atoms. The van der Waals surface area contributed by atoms with Gasteiger partial charge in [0.2, 0.25) is 0 Å². The van der Waals surface area contributed by atoms with E-state index in [1.807, 2.05) is 47.5 Å². The quantitative estimate of drug-likeness (QED) is 0.812. The summed E-state index contributed by atoms with van der Waals surface area (Å²) in [4.78, 5) is 0. The summed E-state index contributed by atoms with van der Waals surface area (Å²) in [5, 5.41) is 23.9. The van der Waals surface area contributed by atoms with E-state index in [0.717, 1.165) is 16.9 Å². The molecule has 0 unspecified atom stereocenters. The Morgan fingerprint density at radius 3 is 2.39 bits per heavy atom. The normalized spacial score (nSPS) is 13.9. The summed E-state index contributed by atoms with van der Waals surface area (Å²) in [6.45, 7) is 6.67. The fraction of sp³-hybridized carbons (Fsp3) is 0.333. The summed E-state index contributed by atoms with van der Waals surface area (Å²) >= 11 is 0. The highest BCUT2D eigenvalue weighted by molar-refractivity contribution is 5.82. The first kappa shape index (κ1) is 15.5. The third kappa shape index (κ3) is 2.68. The van der Waals surface area contributed by atoms with Crippen molar-refractivity contribution in [2.75, 3.05) is 28.7 Å². The predicted molar refractivity (Wildman–Crippen MR) is 93.8 cm³/mol. The Balaban J connectivity index is 2.06. The van der Waals surface area contributed by atoms with Gasteiger partial charge in [-0.25, -0.2) is 0 Å². The molecular weight excluding hydrogens is 290 g/mol. The molecule has 3 N–H and O–H groups in total. The Hall–Kier alpha value is -2.40. The van der Waals surface area contributed by atoms with Gasteiger partial charge < -0.3 is 10.2 Å². The highest BCUT2D eigenvalue weighted by Gasteiger charge is 2.30. The zero-order chi connectivity index (χ0) is 16.6. The van der Waals surface area contributed by atoms with Gasteiger partial charge in [-0.2, -0.15) is 5.12 Å². The van der Waals surface area contributed by atoms with Crippen LogP contribution in [0, 0.1) is 0 Å². The number of aliphatic hydroxyl groups is 1. The molecule has 1 aliphatic heterocycles. The molecule has 1 aliphatic rings. The van der Waals surface area contributed by atoms with Crippen molar-refractivity contribution in [2.24, 2.45) is 0 Å². The molecule has 0 amide bonds.